The zero-order chi connectivity index (χ0) is 16.1. The Labute approximate surface area is 142 Å². The summed E-state index contributed by atoms with van der Waals surface area (Å²) < 4.78 is 0. The van der Waals surface area contributed by atoms with Crippen LogP contribution in [0.25, 0.3) is 0 Å². The fraction of sp³-hybridized carbons (Fsp3) is 0.278. The molecular weight excluding hydrogens is 312 g/mol. The van der Waals surface area contributed by atoms with Crippen molar-refractivity contribution in [2.75, 3.05) is 5.32 Å². The summed E-state index contributed by atoms with van der Waals surface area (Å²) in [6.07, 6.45) is 0.953. The molecule has 0 aromatic heterocycles. The van der Waals surface area contributed by atoms with E-state index in [-0.39, 0.29) is 6.04 Å². The average Bonchev–Trinajstić information content (AvgIpc) is 2.48. The molecule has 2 N–H and O–H groups in total. The van der Waals surface area contributed by atoms with E-state index in [9.17, 15) is 0 Å². The number of aryl methyl sites for hydroxylation is 2. The van der Waals surface area contributed by atoms with Crippen molar-refractivity contribution in [3.63, 3.8) is 0 Å². The smallest absolute Gasteiger partial charge is 0.171 e. The van der Waals surface area contributed by atoms with Crippen LogP contribution in [0.5, 0.6) is 0 Å². The van der Waals surface area contributed by atoms with Crippen LogP contribution >= 0.6 is 23.8 Å². The van der Waals surface area contributed by atoms with Crippen LogP contribution in [0.4, 0.5) is 5.69 Å². The molecule has 0 saturated carbocycles. The molecule has 0 aliphatic rings. The van der Waals surface area contributed by atoms with Gasteiger partial charge in [-0.15, -0.1) is 0 Å². The van der Waals surface area contributed by atoms with Gasteiger partial charge in [0.1, 0.15) is 0 Å². The number of halogens is 1. The number of anilines is 1. The summed E-state index contributed by atoms with van der Waals surface area (Å²) in [4.78, 5) is 0. The fourth-order valence-corrected chi connectivity index (χ4v) is 2.93. The second-order valence-electron chi connectivity index (χ2n) is 5.40. The van der Waals surface area contributed by atoms with Gasteiger partial charge in [0.2, 0.25) is 0 Å². The summed E-state index contributed by atoms with van der Waals surface area (Å²) in [6.45, 7) is 6.39. The van der Waals surface area contributed by atoms with Crippen molar-refractivity contribution in [2.24, 2.45) is 0 Å². The first-order chi connectivity index (χ1) is 10.5. The maximum Gasteiger partial charge on any atom is 0.171 e. The van der Waals surface area contributed by atoms with E-state index in [0.717, 1.165) is 12.1 Å². The van der Waals surface area contributed by atoms with Crippen molar-refractivity contribution < 1.29 is 0 Å². The lowest BCUT2D eigenvalue weighted by atomic mass is 9.98. The first-order valence-electron chi connectivity index (χ1n) is 7.40. The molecule has 0 amide bonds. The molecule has 2 aromatic carbocycles. The summed E-state index contributed by atoms with van der Waals surface area (Å²) in [5.41, 5.74) is 4.64. The lowest BCUT2D eigenvalue weighted by Gasteiger charge is -2.22. The highest BCUT2D eigenvalue weighted by Gasteiger charge is 2.13. The number of thiocarbonyl (C=S) groups is 1. The number of rotatable bonds is 4. The highest BCUT2D eigenvalue weighted by Crippen LogP contribution is 2.23. The van der Waals surface area contributed by atoms with Gasteiger partial charge in [0.15, 0.2) is 5.11 Å². The van der Waals surface area contributed by atoms with Crippen LogP contribution in [0, 0.1) is 13.8 Å². The average molecular weight is 333 g/mol. The second kappa shape index (κ2) is 7.61. The van der Waals surface area contributed by atoms with Crippen molar-refractivity contribution in [3.8, 4) is 0 Å². The molecule has 0 radical (unpaired) electrons. The van der Waals surface area contributed by atoms with Crippen LogP contribution < -0.4 is 10.6 Å². The summed E-state index contributed by atoms with van der Waals surface area (Å²) in [6, 6.07) is 14.3. The lowest BCUT2D eigenvalue weighted by molar-refractivity contribution is 0.625. The number of hydrogen-bond donors (Lipinski definition) is 2. The van der Waals surface area contributed by atoms with Gasteiger partial charge >= 0.3 is 0 Å². The van der Waals surface area contributed by atoms with Crippen molar-refractivity contribution in [1.29, 1.82) is 0 Å². The molecular formula is C18H21ClN2S. The van der Waals surface area contributed by atoms with E-state index in [1.807, 2.05) is 24.3 Å². The number of benzene rings is 2. The quantitative estimate of drug-likeness (QED) is 0.733. The third-order valence-electron chi connectivity index (χ3n) is 3.64. The van der Waals surface area contributed by atoms with E-state index >= 15 is 0 Å². The largest absolute Gasteiger partial charge is 0.356 e. The van der Waals surface area contributed by atoms with Gasteiger partial charge in [-0.05, 0) is 55.7 Å². The molecule has 4 heteroatoms. The van der Waals surface area contributed by atoms with E-state index in [1.54, 1.807) is 0 Å². The summed E-state index contributed by atoms with van der Waals surface area (Å²) in [5, 5.41) is 7.79. The normalized spacial score (nSPS) is 11.8. The SMILES string of the molecule is CCC(NC(=S)Nc1ccccc1Cl)c1ccc(C)cc1C. The summed E-state index contributed by atoms with van der Waals surface area (Å²) in [5.74, 6) is 0. The minimum absolute atomic E-state index is 0.183. The Kier molecular flexibility index (Phi) is 5.81. The third kappa shape index (κ3) is 4.21. The Morgan fingerprint density at radius 2 is 1.91 bits per heavy atom. The molecule has 1 atom stereocenters. The van der Waals surface area contributed by atoms with Gasteiger partial charge in [-0.25, -0.2) is 0 Å². The van der Waals surface area contributed by atoms with Crippen molar-refractivity contribution in [3.05, 3.63) is 64.2 Å². The van der Waals surface area contributed by atoms with E-state index in [1.165, 1.54) is 16.7 Å². The highest BCUT2D eigenvalue weighted by atomic mass is 35.5. The van der Waals surface area contributed by atoms with Gasteiger partial charge in [0.05, 0.1) is 16.8 Å². The molecule has 0 spiro atoms. The highest BCUT2D eigenvalue weighted by molar-refractivity contribution is 7.80. The first kappa shape index (κ1) is 16.8. The molecule has 0 fully saturated rings. The maximum atomic E-state index is 6.15. The van der Waals surface area contributed by atoms with Crippen molar-refractivity contribution in [1.82, 2.24) is 5.32 Å². The van der Waals surface area contributed by atoms with Gasteiger partial charge in [-0.1, -0.05) is 54.4 Å². The Morgan fingerprint density at radius 1 is 1.18 bits per heavy atom. The summed E-state index contributed by atoms with van der Waals surface area (Å²) in [7, 11) is 0. The fourth-order valence-electron chi connectivity index (χ4n) is 2.50. The first-order valence-corrected chi connectivity index (χ1v) is 8.19. The zero-order valence-electron chi connectivity index (χ0n) is 13.1. The van der Waals surface area contributed by atoms with Crippen LogP contribution in [0.1, 0.15) is 36.1 Å². The molecule has 0 aliphatic carbocycles. The van der Waals surface area contributed by atoms with E-state index in [4.69, 9.17) is 23.8 Å². The molecule has 1 unspecified atom stereocenters. The summed E-state index contributed by atoms with van der Waals surface area (Å²) >= 11 is 11.6. The van der Waals surface area contributed by atoms with Crippen molar-refractivity contribution in [2.45, 2.75) is 33.2 Å². The van der Waals surface area contributed by atoms with Crippen LogP contribution in [-0.2, 0) is 0 Å². The molecule has 116 valence electrons. The van der Waals surface area contributed by atoms with Gasteiger partial charge in [-0.2, -0.15) is 0 Å². The Bertz CT molecular complexity index is 670. The van der Waals surface area contributed by atoms with Gasteiger partial charge in [0.25, 0.3) is 0 Å². The van der Waals surface area contributed by atoms with Gasteiger partial charge in [-0.3, -0.25) is 0 Å². The van der Waals surface area contributed by atoms with Crippen LogP contribution in [0.3, 0.4) is 0 Å². The molecule has 2 aromatic rings. The Balaban J connectivity index is 2.10. The van der Waals surface area contributed by atoms with E-state index < -0.39 is 0 Å². The molecule has 0 bridgehead atoms. The predicted octanol–water partition coefficient (Wildman–Crippen LogP) is 5.39. The topological polar surface area (TPSA) is 24.1 Å². The molecule has 2 rings (SSSR count). The number of nitrogens with one attached hydrogen (secondary N) is 2. The molecule has 0 heterocycles. The minimum Gasteiger partial charge on any atom is -0.356 e. The predicted molar refractivity (Wildman–Crippen MR) is 99.8 cm³/mol. The van der Waals surface area contributed by atoms with Gasteiger partial charge in [0, 0.05) is 0 Å². The molecule has 0 aliphatic heterocycles. The number of para-hydroxylation sites is 1. The maximum absolute atomic E-state index is 6.15. The molecule has 2 nitrogen and oxygen atoms in total. The number of hydrogen-bond acceptors (Lipinski definition) is 1. The monoisotopic (exact) mass is 332 g/mol. The lowest BCUT2D eigenvalue weighted by Crippen LogP contribution is -2.32. The van der Waals surface area contributed by atoms with Crippen LogP contribution in [-0.4, -0.2) is 5.11 Å². The molecule has 22 heavy (non-hydrogen) atoms. The van der Waals surface area contributed by atoms with Crippen LogP contribution in [0.15, 0.2) is 42.5 Å². The van der Waals surface area contributed by atoms with E-state index in [2.05, 4.69) is 49.6 Å². The van der Waals surface area contributed by atoms with Crippen molar-refractivity contribution >= 4 is 34.6 Å². The third-order valence-corrected chi connectivity index (χ3v) is 4.19. The second-order valence-corrected chi connectivity index (χ2v) is 6.21. The van der Waals surface area contributed by atoms with Crippen LogP contribution in [0.2, 0.25) is 5.02 Å². The van der Waals surface area contributed by atoms with Gasteiger partial charge < -0.3 is 10.6 Å². The standard InChI is InChI=1S/C18H21ClN2S/c1-4-16(14-10-9-12(2)11-13(14)3)20-18(22)21-17-8-6-5-7-15(17)19/h5-11,16H,4H2,1-3H3,(H2,20,21,22). The Morgan fingerprint density at radius 3 is 2.55 bits per heavy atom. The Hall–Kier alpha value is -1.58. The minimum atomic E-state index is 0.183. The zero-order valence-corrected chi connectivity index (χ0v) is 14.7. The molecule has 0 saturated heterocycles. The van der Waals surface area contributed by atoms with E-state index in [0.29, 0.717) is 10.1 Å².